The first-order valence-corrected chi connectivity index (χ1v) is 5.56. The Morgan fingerprint density at radius 1 is 1.47 bits per heavy atom. The molecule has 2 amide bonds. The number of hydrogen-bond donors (Lipinski definition) is 2. The van der Waals surface area contributed by atoms with E-state index in [4.69, 9.17) is 0 Å². The highest BCUT2D eigenvalue weighted by Gasteiger charge is 2.43. The monoisotopic (exact) mass is 212 g/mol. The normalized spacial score (nSPS) is 19.5. The summed E-state index contributed by atoms with van der Waals surface area (Å²) in [6.45, 7) is 5.92. The largest absolute Gasteiger partial charge is 0.349 e. The molecule has 1 saturated carbocycles. The average molecular weight is 212 g/mol. The van der Waals surface area contributed by atoms with Crippen molar-refractivity contribution in [2.24, 2.45) is 5.92 Å². The van der Waals surface area contributed by atoms with Gasteiger partial charge in [0.25, 0.3) is 0 Å². The average Bonchev–Trinajstić information content (AvgIpc) is 2.94. The van der Waals surface area contributed by atoms with Crippen LogP contribution in [0.3, 0.4) is 0 Å². The van der Waals surface area contributed by atoms with Gasteiger partial charge in [-0.15, -0.1) is 0 Å². The van der Waals surface area contributed by atoms with E-state index in [1.54, 1.807) is 0 Å². The molecule has 0 saturated heterocycles. The van der Waals surface area contributed by atoms with Crippen molar-refractivity contribution in [3.63, 3.8) is 0 Å². The van der Waals surface area contributed by atoms with Crippen molar-refractivity contribution in [2.75, 3.05) is 0 Å². The highest BCUT2D eigenvalue weighted by atomic mass is 16.2. The maximum absolute atomic E-state index is 11.9. The first kappa shape index (κ1) is 12.0. The lowest BCUT2D eigenvalue weighted by atomic mass is 10.0. The van der Waals surface area contributed by atoms with Gasteiger partial charge in [-0.2, -0.15) is 0 Å². The lowest BCUT2D eigenvalue weighted by Gasteiger charge is -2.23. The summed E-state index contributed by atoms with van der Waals surface area (Å²) in [7, 11) is 0. The van der Waals surface area contributed by atoms with Crippen LogP contribution in [0.1, 0.15) is 40.0 Å². The molecule has 1 aliphatic carbocycles. The Labute approximate surface area is 90.8 Å². The minimum Gasteiger partial charge on any atom is -0.349 e. The van der Waals surface area contributed by atoms with Crippen molar-refractivity contribution >= 4 is 12.3 Å². The van der Waals surface area contributed by atoms with E-state index in [2.05, 4.69) is 17.6 Å². The van der Waals surface area contributed by atoms with Crippen LogP contribution in [0.25, 0.3) is 0 Å². The van der Waals surface area contributed by atoms with Crippen LogP contribution in [0, 0.1) is 5.92 Å². The standard InChI is InChI=1S/C11H20N2O2/c1-4-11(5-6-11)13-10(15)9(8(2)3)12-7-14/h7-9H,4-6H2,1-3H3,(H,12,14)(H,13,15)/t9-/m0/s1. The Morgan fingerprint density at radius 2 is 2.07 bits per heavy atom. The smallest absolute Gasteiger partial charge is 0.243 e. The van der Waals surface area contributed by atoms with Crippen molar-refractivity contribution < 1.29 is 9.59 Å². The van der Waals surface area contributed by atoms with Gasteiger partial charge in [0, 0.05) is 5.54 Å². The highest BCUT2D eigenvalue weighted by molar-refractivity contribution is 5.84. The fourth-order valence-electron chi connectivity index (χ4n) is 1.70. The molecule has 4 heteroatoms. The van der Waals surface area contributed by atoms with Gasteiger partial charge in [0.1, 0.15) is 6.04 Å². The Kier molecular flexibility index (Phi) is 3.72. The van der Waals surface area contributed by atoms with Gasteiger partial charge in [-0.1, -0.05) is 20.8 Å². The summed E-state index contributed by atoms with van der Waals surface area (Å²) < 4.78 is 0. The summed E-state index contributed by atoms with van der Waals surface area (Å²) >= 11 is 0. The topological polar surface area (TPSA) is 58.2 Å². The molecule has 1 rings (SSSR count). The van der Waals surface area contributed by atoms with Crippen LogP contribution in [0.5, 0.6) is 0 Å². The van der Waals surface area contributed by atoms with Crippen LogP contribution in [0.2, 0.25) is 0 Å². The predicted molar refractivity (Wildman–Crippen MR) is 58.2 cm³/mol. The minimum atomic E-state index is -0.411. The van der Waals surface area contributed by atoms with Gasteiger partial charge >= 0.3 is 0 Å². The summed E-state index contributed by atoms with van der Waals surface area (Å²) in [5.41, 5.74) is 0.0226. The summed E-state index contributed by atoms with van der Waals surface area (Å²) in [5, 5.41) is 5.59. The Bertz CT molecular complexity index is 247. The maximum Gasteiger partial charge on any atom is 0.243 e. The van der Waals surface area contributed by atoms with Gasteiger partial charge in [0.2, 0.25) is 12.3 Å². The van der Waals surface area contributed by atoms with Gasteiger partial charge in [-0.25, -0.2) is 0 Å². The summed E-state index contributed by atoms with van der Waals surface area (Å²) in [6, 6.07) is -0.411. The van der Waals surface area contributed by atoms with E-state index in [1.165, 1.54) is 0 Å². The van der Waals surface area contributed by atoms with E-state index < -0.39 is 6.04 Å². The third-order valence-electron chi connectivity index (χ3n) is 3.12. The van der Waals surface area contributed by atoms with E-state index in [9.17, 15) is 9.59 Å². The molecule has 0 unspecified atom stereocenters. The molecular weight excluding hydrogens is 192 g/mol. The minimum absolute atomic E-state index is 0.0226. The molecule has 15 heavy (non-hydrogen) atoms. The highest BCUT2D eigenvalue weighted by Crippen LogP contribution is 2.38. The van der Waals surface area contributed by atoms with Gasteiger partial charge in [0.05, 0.1) is 0 Å². The van der Waals surface area contributed by atoms with Gasteiger partial charge in [-0.3, -0.25) is 9.59 Å². The summed E-state index contributed by atoms with van der Waals surface area (Å²) in [6.07, 6.45) is 3.67. The second-order valence-corrected chi connectivity index (χ2v) is 4.63. The van der Waals surface area contributed by atoms with Crippen molar-refractivity contribution in [3.8, 4) is 0 Å². The predicted octanol–water partition coefficient (Wildman–Crippen LogP) is 0.816. The molecule has 0 spiro atoms. The summed E-state index contributed by atoms with van der Waals surface area (Å²) in [5.74, 6) is 0.0549. The van der Waals surface area contributed by atoms with E-state index in [0.29, 0.717) is 6.41 Å². The van der Waals surface area contributed by atoms with Gasteiger partial charge in [0.15, 0.2) is 0 Å². The van der Waals surface area contributed by atoms with Crippen LogP contribution in [-0.2, 0) is 9.59 Å². The second-order valence-electron chi connectivity index (χ2n) is 4.63. The third-order valence-corrected chi connectivity index (χ3v) is 3.12. The molecule has 0 aliphatic heterocycles. The Morgan fingerprint density at radius 3 is 2.40 bits per heavy atom. The second kappa shape index (κ2) is 4.64. The fraction of sp³-hybridized carbons (Fsp3) is 0.818. The third kappa shape index (κ3) is 2.94. The van der Waals surface area contributed by atoms with Gasteiger partial charge < -0.3 is 10.6 Å². The van der Waals surface area contributed by atoms with Crippen molar-refractivity contribution in [2.45, 2.75) is 51.6 Å². The molecule has 1 atom stereocenters. The van der Waals surface area contributed by atoms with E-state index in [-0.39, 0.29) is 17.4 Å². The van der Waals surface area contributed by atoms with Crippen LogP contribution in [0.15, 0.2) is 0 Å². The molecular formula is C11H20N2O2. The van der Waals surface area contributed by atoms with Crippen LogP contribution in [0.4, 0.5) is 0 Å². The van der Waals surface area contributed by atoms with Crippen LogP contribution in [-0.4, -0.2) is 23.9 Å². The number of hydrogen-bond acceptors (Lipinski definition) is 2. The first-order chi connectivity index (χ1) is 7.04. The molecule has 0 bridgehead atoms. The molecule has 0 radical (unpaired) electrons. The Hall–Kier alpha value is -1.06. The summed E-state index contributed by atoms with van der Waals surface area (Å²) in [4.78, 5) is 22.2. The molecule has 0 aromatic heterocycles. The van der Waals surface area contributed by atoms with Crippen LogP contribution >= 0.6 is 0 Å². The zero-order valence-electron chi connectivity index (χ0n) is 9.67. The number of carbonyl (C=O) groups excluding carboxylic acids is 2. The van der Waals surface area contributed by atoms with Crippen LogP contribution < -0.4 is 10.6 Å². The molecule has 4 nitrogen and oxygen atoms in total. The van der Waals surface area contributed by atoms with E-state index >= 15 is 0 Å². The quantitative estimate of drug-likeness (QED) is 0.640. The van der Waals surface area contributed by atoms with E-state index in [0.717, 1.165) is 19.3 Å². The lowest BCUT2D eigenvalue weighted by Crippen LogP contribution is -2.50. The molecule has 1 aliphatic rings. The SMILES string of the molecule is CCC1(NC(=O)[C@@H](NC=O)C(C)C)CC1. The molecule has 1 fully saturated rings. The van der Waals surface area contributed by atoms with E-state index in [1.807, 2.05) is 13.8 Å². The van der Waals surface area contributed by atoms with Crippen molar-refractivity contribution in [1.29, 1.82) is 0 Å². The number of rotatable bonds is 6. The number of carbonyl (C=O) groups is 2. The van der Waals surface area contributed by atoms with Crippen molar-refractivity contribution in [3.05, 3.63) is 0 Å². The number of nitrogens with one attached hydrogen (secondary N) is 2. The zero-order chi connectivity index (χ0) is 11.5. The Balaban J connectivity index is 2.52. The molecule has 0 aromatic carbocycles. The van der Waals surface area contributed by atoms with Gasteiger partial charge in [-0.05, 0) is 25.2 Å². The zero-order valence-corrected chi connectivity index (χ0v) is 9.67. The maximum atomic E-state index is 11.9. The molecule has 0 heterocycles. The fourth-order valence-corrected chi connectivity index (χ4v) is 1.70. The lowest BCUT2D eigenvalue weighted by molar-refractivity contribution is -0.127. The molecule has 2 N–H and O–H groups in total. The molecule has 86 valence electrons. The number of amides is 2. The van der Waals surface area contributed by atoms with Crippen molar-refractivity contribution in [1.82, 2.24) is 10.6 Å². The first-order valence-electron chi connectivity index (χ1n) is 5.56. The molecule has 0 aromatic rings.